The molecule has 1 aliphatic rings. The van der Waals surface area contributed by atoms with Gasteiger partial charge in [0.2, 0.25) is 0 Å². The van der Waals surface area contributed by atoms with Crippen molar-refractivity contribution in [2.75, 3.05) is 38.1 Å². The Hall–Kier alpha value is -2.40. The molecule has 0 unspecified atom stereocenters. The van der Waals surface area contributed by atoms with Gasteiger partial charge in [0.05, 0.1) is 11.9 Å². The van der Waals surface area contributed by atoms with Crippen LogP contribution in [0.2, 0.25) is 0 Å². The molecule has 0 spiro atoms. The van der Waals surface area contributed by atoms with Gasteiger partial charge in [-0.05, 0) is 37.2 Å². The normalized spacial score (nSPS) is 15.3. The summed E-state index contributed by atoms with van der Waals surface area (Å²) in [5.41, 5.74) is 3.84. The van der Waals surface area contributed by atoms with E-state index >= 15 is 0 Å². The maximum Gasteiger partial charge on any atom is 0.270 e. The quantitative estimate of drug-likeness (QED) is 0.935. The molecule has 0 radical (unpaired) electrons. The molecule has 5 nitrogen and oxygen atoms in total. The molecule has 0 aliphatic carbocycles. The van der Waals surface area contributed by atoms with Crippen molar-refractivity contribution in [3.05, 3.63) is 59.4 Å². The lowest BCUT2D eigenvalue weighted by atomic mass is 10.1. The van der Waals surface area contributed by atoms with Crippen LogP contribution >= 0.6 is 0 Å². The van der Waals surface area contributed by atoms with E-state index in [4.69, 9.17) is 0 Å². The molecule has 0 bridgehead atoms. The van der Waals surface area contributed by atoms with E-state index < -0.39 is 0 Å². The molecule has 24 heavy (non-hydrogen) atoms. The molecule has 1 fully saturated rings. The maximum absolute atomic E-state index is 12.3. The third-order valence-electron chi connectivity index (χ3n) is 4.55. The number of aromatic nitrogens is 1. The van der Waals surface area contributed by atoms with Crippen molar-refractivity contribution < 1.29 is 4.79 Å². The number of hydrogen-bond acceptors (Lipinski definition) is 4. The number of piperazine rings is 1. The number of aryl methyl sites for hydroxylation is 1. The SMILES string of the molecule is Cc1ccccc1CNC(=O)c1ccc(N2CCN(C)CC2)cn1. The number of carbonyl (C=O) groups excluding carboxylic acids is 1. The van der Waals surface area contributed by atoms with Gasteiger partial charge < -0.3 is 15.1 Å². The molecule has 0 atom stereocenters. The van der Waals surface area contributed by atoms with Gasteiger partial charge in [-0.25, -0.2) is 4.98 Å². The summed E-state index contributed by atoms with van der Waals surface area (Å²) in [6, 6.07) is 11.9. The first-order valence-electron chi connectivity index (χ1n) is 8.36. The van der Waals surface area contributed by atoms with E-state index in [0.717, 1.165) is 37.4 Å². The van der Waals surface area contributed by atoms with Crippen LogP contribution in [0.25, 0.3) is 0 Å². The van der Waals surface area contributed by atoms with Crippen molar-refractivity contribution in [1.29, 1.82) is 0 Å². The van der Waals surface area contributed by atoms with Crippen LogP contribution in [0.5, 0.6) is 0 Å². The third kappa shape index (κ3) is 3.92. The van der Waals surface area contributed by atoms with E-state index in [-0.39, 0.29) is 5.91 Å². The van der Waals surface area contributed by atoms with Crippen LogP contribution in [0.4, 0.5) is 5.69 Å². The third-order valence-corrected chi connectivity index (χ3v) is 4.55. The van der Waals surface area contributed by atoms with Crippen molar-refractivity contribution >= 4 is 11.6 Å². The van der Waals surface area contributed by atoms with Crippen molar-refractivity contribution in [2.24, 2.45) is 0 Å². The van der Waals surface area contributed by atoms with Gasteiger partial charge in [0, 0.05) is 32.7 Å². The first-order valence-corrected chi connectivity index (χ1v) is 8.36. The second kappa shape index (κ2) is 7.45. The Morgan fingerprint density at radius 3 is 2.54 bits per heavy atom. The monoisotopic (exact) mass is 324 g/mol. The van der Waals surface area contributed by atoms with Crippen LogP contribution in [-0.4, -0.2) is 49.0 Å². The van der Waals surface area contributed by atoms with Crippen LogP contribution in [0.15, 0.2) is 42.6 Å². The minimum Gasteiger partial charge on any atom is -0.368 e. The van der Waals surface area contributed by atoms with Gasteiger partial charge in [-0.15, -0.1) is 0 Å². The van der Waals surface area contributed by atoms with Crippen LogP contribution < -0.4 is 10.2 Å². The zero-order valence-electron chi connectivity index (χ0n) is 14.3. The summed E-state index contributed by atoms with van der Waals surface area (Å²) < 4.78 is 0. The largest absolute Gasteiger partial charge is 0.368 e. The van der Waals surface area contributed by atoms with Crippen LogP contribution in [0.3, 0.4) is 0 Å². The number of nitrogens with one attached hydrogen (secondary N) is 1. The molecule has 1 aromatic carbocycles. The van der Waals surface area contributed by atoms with E-state index in [1.54, 1.807) is 12.3 Å². The average Bonchev–Trinajstić information content (AvgIpc) is 2.62. The fourth-order valence-corrected chi connectivity index (χ4v) is 2.85. The topological polar surface area (TPSA) is 48.5 Å². The number of amides is 1. The summed E-state index contributed by atoms with van der Waals surface area (Å²) in [5, 5.41) is 2.94. The molecule has 1 aromatic heterocycles. The molecule has 3 rings (SSSR count). The van der Waals surface area contributed by atoms with Gasteiger partial charge in [0.15, 0.2) is 0 Å². The van der Waals surface area contributed by atoms with Crippen LogP contribution in [0.1, 0.15) is 21.6 Å². The van der Waals surface area contributed by atoms with Gasteiger partial charge in [0.25, 0.3) is 5.91 Å². The lowest BCUT2D eigenvalue weighted by Crippen LogP contribution is -2.44. The molecular formula is C19H24N4O. The standard InChI is InChI=1S/C19H24N4O/c1-15-5-3-4-6-16(15)13-21-19(24)18-8-7-17(14-20-18)23-11-9-22(2)10-12-23/h3-8,14H,9-13H2,1-2H3,(H,21,24). The number of hydrogen-bond donors (Lipinski definition) is 1. The van der Waals surface area contributed by atoms with E-state index in [1.807, 2.05) is 37.3 Å². The molecule has 2 aromatic rings. The molecule has 126 valence electrons. The Kier molecular flexibility index (Phi) is 5.11. The highest BCUT2D eigenvalue weighted by Gasteiger charge is 2.15. The van der Waals surface area contributed by atoms with Gasteiger partial charge in [-0.1, -0.05) is 24.3 Å². The Morgan fingerprint density at radius 1 is 1.12 bits per heavy atom. The Morgan fingerprint density at radius 2 is 1.88 bits per heavy atom. The van der Waals surface area contributed by atoms with Gasteiger partial charge >= 0.3 is 0 Å². The highest BCUT2D eigenvalue weighted by Crippen LogP contribution is 2.15. The lowest BCUT2D eigenvalue weighted by molar-refractivity contribution is 0.0946. The van der Waals surface area contributed by atoms with Crippen molar-refractivity contribution in [3.8, 4) is 0 Å². The molecule has 1 N–H and O–H groups in total. The second-order valence-corrected chi connectivity index (χ2v) is 6.30. The Bertz CT molecular complexity index is 691. The van der Waals surface area contributed by atoms with E-state index in [9.17, 15) is 4.79 Å². The Balaban J connectivity index is 1.59. The van der Waals surface area contributed by atoms with E-state index in [1.165, 1.54) is 5.56 Å². The summed E-state index contributed by atoms with van der Waals surface area (Å²) in [4.78, 5) is 21.2. The van der Waals surface area contributed by atoms with E-state index in [2.05, 4.69) is 27.1 Å². The zero-order chi connectivity index (χ0) is 16.9. The fraction of sp³-hybridized carbons (Fsp3) is 0.368. The molecule has 0 saturated carbocycles. The number of benzene rings is 1. The maximum atomic E-state index is 12.3. The summed E-state index contributed by atoms with van der Waals surface area (Å²) in [6.07, 6.45) is 1.80. The van der Waals surface area contributed by atoms with Crippen molar-refractivity contribution in [2.45, 2.75) is 13.5 Å². The molecule has 5 heteroatoms. The van der Waals surface area contributed by atoms with Crippen molar-refractivity contribution in [3.63, 3.8) is 0 Å². The second-order valence-electron chi connectivity index (χ2n) is 6.30. The first kappa shape index (κ1) is 16.5. The zero-order valence-corrected chi connectivity index (χ0v) is 14.3. The first-order chi connectivity index (χ1) is 11.6. The number of anilines is 1. The summed E-state index contributed by atoms with van der Waals surface area (Å²) in [6.45, 7) is 6.67. The minimum atomic E-state index is -0.136. The highest BCUT2D eigenvalue weighted by molar-refractivity contribution is 5.92. The number of carbonyl (C=O) groups is 1. The molecule has 1 saturated heterocycles. The fourth-order valence-electron chi connectivity index (χ4n) is 2.85. The van der Waals surface area contributed by atoms with Crippen LogP contribution in [-0.2, 0) is 6.54 Å². The average molecular weight is 324 g/mol. The predicted molar refractivity (Wildman–Crippen MR) is 96.3 cm³/mol. The Labute approximate surface area is 143 Å². The number of nitrogens with zero attached hydrogens (tertiary/aromatic N) is 3. The number of pyridine rings is 1. The minimum absolute atomic E-state index is 0.136. The highest BCUT2D eigenvalue weighted by atomic mass is 16.1. The predicted octanol–water partition coefficient (Wildman–Crippen LogP) is 2.07. The van der Waals surface area contributed by atoms with E-state index in [0.29, 0.717) is 12.2 Å². The number of likely N-dealkylation sites (N-methyl/N-ethyl adjacent to an activating group) is 1. The molecule has 2 heterocycles. The molecular weight excluding hydrogens is 300 g/mol. The summed E-state index contributed by atoms with van der Waals surface area (Å²) in [5.74, 6) is -0.136. The van der Waals surface area contributed by atoms with Gasteiger partial charge in [-0.3, -0.25) is 4.79 Å². The van der Waals surface area contributed by atoms with Gasteiger partial charge in [-0.2, -0.15) is 0 Å². The number of rotatable bonds is 4. The smallest absolute Gasteiger partial charge is 0.270 e. The van der Waals surface area contributed by atoms with Gasteiger partial charge in [0.1, 0.15) is 5.69 Å². The molecule has 1 aliphatic heterocycles. The summed E-state index contributed by atoms with van der Waals surface area (Å²) >= 11 is 0. The summed E-state index contributed by atoms with van der Waals surface area (Å²) in [7, 11) is 2.14. The molecule has 1 amide bonds. The lowest BCUT2D eigenvalue weighted by Gasteiger charge is -2.33. The van der Waals surface area contributed by atoms with Crippen LogP contribution in [0, 0.1) is 6.92 Å². The van der Waals surface area contributed by atoms with Crippen molar-refractivity contribution in [1.82, 2.24) is 15.2 Å².